The first-order valence-corrected chi connectivity index (χ1v) is 9.13. The van der Waals surface area contributed by atoms with Crippen molar-refractivity contribution in [2.45, 2.75) is 31.1 Å². The molecule has 3 N–H and O–H groups in total. The van der Waals surface area contributed by atoms with Crippen molar-refractivity contribution < 1.29 is 13.2 Å². The normalized spacial score (nSPS) is 17.3. The fourth-order valence-electron chi connectivity index (χ4n) is 2.59. The van der Waals surface area contributed by atoms with Crippen LogP contribution >= 0.6 is 0 Å². The van der Waals surface area contributed by atoms with Gasteiger partial charge in [0.25, 0.3) is 0 Å². The summed E-state index contributed by atoms with van der Waals surface area (Å²) < 4.78 is 26.3. The molecule has 1 aliphatic heterocycles. The van der Waals surface area contributed by atoms with Crippen LogP contribution in [0.25, 0.3) is 0 Å². The van der Waals surface area contributed by atoms with E-state index in [1.807, 2.05) is 30.3 Å². The van der Waals surface area contributed by atoms with Gasteiger partial charge in [-0.25, -0.2) is 12.7 Å². The molecule has 0 aliphatic carbocycles. The molecule has 6 nitrogen and oxygen atoms in total. The highest BCUT2D eigenvalue weighted by molar-refractivity contribution is 7.88. The molecule has 1 aliphatic rings. The lowest BCUT2D eigenvalue weighted by molar-refractivity contribution is -0.121. The van der Waals surface area contributed by atoms with Crippen LogP contribution in [0.2, 0.25) is 0 Å². The van der Waals surface area contributed by atoms with Gasteiger partial charge in [0.2, 0.25) is 15.9 Å². The molecule has 1 aromatic carbocycles. The molecule has 2 rings (SSSR count). The van der Waals surface area contributed by atoms with Gasteiger partial charge in [0.05, 0.1) is 5.75 Å². The Morgan fingerprint density at radius 3 is 2.45 bits per heavy atom. The molecule has 1 aromatic rings. The van der Waals surface area contributed by atoms with Crippen molar-refractivity contribution in [1.29, 1.82) is 0 Å². The number of nitrogens with two attached hydrogens (primary N) is 1. The number of nitrogens with zero attached hydrogens (tertiary/aromatic N) is 1. The second kappa shape index (κ2) is 7.71. The lowest BCUT2D eigenvalue weighted by Gasteiger charge is -2.31. The summed E-state index contributed by atoms with van der Waals surface area (Å²) in [7, 11) is -3.30. The van der Waals surface area contributed by atoms with Crippen molar-refractivity contribution in [3.05, 3.63) is 35.9 Å². The third-order valence-corrected chi connectivity index (χ3v) is 5.63. The largest absolute Gasteiger partial charge is 0.353 e. The van der Waals surface area contributed by atoms with Gasteiger partial charge < -0.3 is 11.1 Å². The molecule has 0 unspecified atom stereocenters. The first kappa shape index (κ1) is 16.9. The van der Waals surface area contributed by atoms with Crippen LogP contribution in [0.5, 0.6) is 0 Å². The molecule has 7 heteroatoms. The number of hydrogen-bond acceptors (Lipinski definition) is 4. The van der Waals surface area contributed by atoms with Gasteiger partial charge in [0.15, 0.2) is 0 Å². The summed E-state index contributed by atoms with van der Waals surface area (Å²) >= 11 is 0. The van der Waals surface area contributed by atoms with E-state index in [2.05, 4.69) is 5.32 Å². The molecule has 0 spiro atoms. The van der Waals surface area contributed by atoms with E-state index >= 15 is 0 Å². The van der Waals surface area contributed by atoms with Gasteiger partial charge in [-0.3, -0.25) is 4.79 Å². The van der Waals surface area contributed by atoms with E-state index in [9.17, 15) is 13.2 Å². The van der Waals surface area contributed by atoms with Crippen LogP contribution in [0.3, 0.4) is 0 Å². The molecule has 1 heterocycles. The van der Waals surface area contributed by atoms with Crippen molar-refractivity contribution in [2.75, 3.05) is 19.6 Å². The summed E-state index contributed by atoms with van der Waals surface area (Å²) in [6.07, 6.45) is 1.60. The van der Waals surface area contributed by atoms with Crippen LogP contribution in [-0.4, -0.2) is 44.3 Å². The monoisotopic (exact) mass is 325 g/mol. The van der Waals surface area contributed by atoms with Crippen LogP contribution in [-0.2, 0) is 20.6 Å². The van der Waals surface area contributed by atoms with Gasteiger partial charge in [-0.05, 0) is 18.4 Å². The zero-order chi connectivity index (χ0) is 16.0. The third kappa shape index (κ3) is 4.79. The lowest BCUT2D eigenvalue weighted by atomic mass is 10.1. The number of amides is 1. The fraction of sp³-hybridized carbons (Fsp3) is 0.533. The van der Waals surface area contributed by atoms with E-state index < -0.39 is 10.0 Å². The standard InChI is InChI=1S/C15H23N3O3S/c16-9-6-15(19)17-14-7-10-18(11-8-14)22(20,21)12-13-4-2-1-3-5-13/h1-5,14H,6-12,16H2,(H,17,19). The minimum Gasteiger partial charge on any atom is -0.353 e. The predicted molar refractivity (Wildman–Crippen MR) is 85.5 cm³/mol. The van der Waals surface area contributed by atoms with Crippen molar-refractivity contribution in [3.63, 3.8) is 0 Å². The fourth-order valence-corrected chi connectivity index (χ4v) is 4.15. The molecular formula is C15H23N3O3S. The second-order valence-electron chi connectivity index (χ2n) is 5.52. The topological polar surface area (TPSA) is 92.5 Å². The van der Waals surface area contributed by atoms with Crippen LogP contribution in [0, 0.1) is 0 Å². The maximum Gasteiger partial charge on any atom is 0.221 e. The maximum atomic E-state index is 12.4. The van der Waals surface area contributed by atoms with Crippen molar-refractivity contribution >= 4 is 15.9 Å². The SMILES string of the molecule is NCCC(=O)NC1CCN(S(=O)(=O)Cc2ccccc2)CC1. The first-order chi connectivity index (χ1) is 10.5. The van der Waals surface area contributed by atoms with Gasteiger partial charge >= 0.3 is 0 Å². The number of carbonyl (C=O) groups is 1. The number of nitrogens with one attached hydrogen (secondary N) is 1. The van der Waals surface area contributed by atoms with E-state index in [0.717, 1.165) is 5.56 Å². The van der Waals surface area contributed by atoms with E-state index in [0.29, 0.717) is 38.9 Å². The third-order valence-electron chi connectivity index (χ3n) is 3.78. The summed E-state index contributed by atoms with van der Waals surface area (Å²) in [5.74, 6) is -0.0361. The number of rotatable bonds is 6. The number of sulfonamides is 1. The smallest absolute Gasteiger partial charge is 0.221 e. The van der Waals surface area contributed by atoms with Crippen LogP contribution < -0.4 is 11.1 Å². The minimum absolute atomic E-state index is 0.0258. The van der Waals surface area contributed by atoms with Crippen molar-refractivity contribution in [1.82, 2.24) is 9.62 Å². The van der Waals surface area contributed by atoms with E-state index in [1.54, 1.807) is 0 Å². The number of benzene rings is 1. The Bertz CT molecular complexity index is 581. The average molecular weight is 325 g/mol. The first-order valence-electron chi connectivity index (χ1n) is 7.52. The molecule has 0 saturated carbocycles. The van der Waals surface area contributed by atoms with Gasteiger partial charge in [0, 0.05) is 32.1 Å². The zero-order valence-electron chi connectivity index (χ0n) is 12.6. The Balaban J connectivity index is 1.86. The molecule has 0 radical (unpaired) electrons. The van der Waals surface area contributed by atoms with Gasteiger partial charge in [-0.1, -0.05) is 30.3 Å². The summed E-state index contributed by atoms with van der Waals surface area (Å²) in [5.41, 5.74) is 6.13. The average Bonchev–Trinajstić information content (AvgIpc) is 2.48. The Morgan fingerprint density at radius 2 is 1.86 bits per heavy atom. The highest BCUT2D eigenvalue weighted by Crippen LogP contribution is 2.17. The highest BCUT2D eigenvalue weighted by atomic mass is 32.2. The molecular weight excluding hydrogens is 302 g/mol. The quantitative estimate of drug-likeness (QED) is 0.794. The molecule has 1 saturated heterocycles. The minimum atomic E-state index is -3.30. The van der Waals surface area contributed by atoms with E-state index in [4.69, 9.17) is 5.73 Å². The molecule has 0 atom stereocenters. The van der Waals surface area contributed by atoms with Crippen LogP contribution in [0.15, 0.2) is 30.3 Å². The number of carbonyl (C=O) groups excluding carboxylic acids is 1. The van der Waals surface area contributed by atoms with Gasteiger partial charge in [-0.15, -0.1) is 0 Å². The predicted octanol–water partition coefficient (Wildman–Crippen LogP) is 0.446. The molecule has 22 heavy (non-hydrogen) atoms. The van der Waals surface area contributed by atoms with Crippen LogP contribution in [0.4, 0.5) is 0 Å². The Hall–Kier alpha value is -1.44. The summed E-state index contributed by atoms with van der Waals surface area (Å²) in [5, 5.41) is 2.90. The summed E-state index contributed by atoms with van der Waals surface area (Å²) in [6, 6.07) is 9.22. The van der Waals surface area contributed by atoms with Gasteiger partial charge in [-0.2, -0.15) is 0 Å². The number of piperidine rings is 1. The van der Waals surface area contributed by atoms with Crippen molar-refractivity contribution in [3.8, 4) is 0 Å². The Morgan fingerprint density at radius 1 is 1.23 bits per heavy atom. The van der Waals surface area contributed by atoms with E-state index in [-0.39, 0.29) is 17.7 Å². The Labute approximate surface area is 131 Å². The van der Waals surface area contributed by atoms with E-state index in [1.165, 1.54) is 4.31 Å². The lowest BCUT2D eigenvalue weighted by Crippen LogP contribution is -2.47. The molecule has 1 fully saturated rings. The molecule has 0 aromatic heterocycles. The Kier molecular flexibility index (Phi) is 5.93. The summed E-state index contributed by atoms with van der Waals surface area (Å²) in [6.45, 7) is 1.22. The highest BCUT2D eigenvalue weighted by Gasteiger charge is 2.28. The molecule has 122 valence electrons. The summed E-state index contributed by atoms with van der Waals surface area (Å²) in [4.78, 5) is 11.5. The van der Waals surface area contributed by atoms with Gasteiger partial charge in [0.1, 0.15) is 0 Å². The van der Waals surface area contributed by atoms with Crippen molar-refractivity contribution in [2.24, 2.45) is 5.73 Å². The molecule has 1 amide bonds. The zero-order valence-corrected chi connectivity index (χ0v) is 13.4. The molecule has 0 bridgehead atoms. The second-order valence-corrected chi connectivity index (χ2v) is 7.49. The van der Waals surface area contributed by atoms with Crippen LogP contribution in [0.1, 0.15) is 24.8 Å². The number of hydrogen-bond donors (Lipinski definition) is 2. The maximum absolute atomic E-state index is 12.4.